The van der Waals surface area contributed by atoms with Crippen LogP contribution in [0, 0.1) is 0 Å². The number of thiazole rings is 1. The summed E-state index contributed by atoms with van der Waals surface area (Å²) in [6.07, 6.45) is 2.74. The van der Waals surface area contributed by atoms with E-state index in [1.54, 1.807) is 25.6 Å². The number of amides is 1. The molecule has 1 aromatic heterocycles. The van der Waals surface area contributed by atoms with E-state index in [9.17, 15) is 13.2 Å². The maximum Gasteiger partial charge on any atom is 0.279 e. The molecule has 0 N–H and O–H groups in total. The molecule has 0 radical (unpaired) electrons. The Hall–Kier alpha value is -2.73. The minimum atomic E-state index is -3.61. The summed E-state index contributed by atoms with van der Waals surface area (Å²) in [5, 5.41) is 0. The number of methoxy groups -OCH3 is 3. The largest absolute Gasteiger partial charge is 0.493 e. The van der Waals surface area contributed by atoms with Crippen molar-refractivity contribution in [2.24, 2.45) is 4.99 Å². The number of fused-ring (bicyclic) bond motifs is 1. The zero-order valence-corrected chi connectivity index (χ0v) is 22.5. The highest BCUT2D eigenvalue weighted by Crippen LogP contribution is 2.33. The number of rotatable bonds is 8. The summed E-state index contributed by atoms with van der Waals surface area (Å²) in [6.45, 7) is 3.37. The Bertz CT molecular complexity index is 1410. The molecule has 9 nitrogen and oxygen atoms in total. The lowest BCUT2D eigenvalue weighted by Crippen LogP contribution is -2.41. The van der Waals surface area contributed by atoms with E-state index in [2.05, 4.69) is 4.99 Å². The highest BCUT2D eigenvalue weighted by molar-refractivity contribution is 7.89. The second-order valence-electron chi connectivity index (χ2n) is 8.61. The summed E-state index contributed by atoms with van der Waals surface area (Å²) in [7, 11) is 1.14. The zero-order chi connectivity index (χ0) is 25.9. The lowest BCUT2D eigenvalue weighted by Gasteiger charge is -2.32. The van der Waals surface area contributed by atoms with Crippen molar-refractivity contribution in [1.29, 1.82) is 0 Å². The number of hydrogen-bond acceptors (Lipinski definition) is 7. The Kier molecular flexibility index (Phi) is 8.13. The lowest BCUT2D eigenvalue weighted by molar-refractivity contribution is 0.0997. The molecule has 1 atom stereocenters. The molecule has 4 rings (SSSR count). The van der Waals surface area contributed by atoms with Crippen LogP contribution in [0.2, 0.25) is 0 Å². The minimum absolute atomic E-state index is 0.0344. The highest BCUT2D eigenvalue weighted by atomic mass is 32.2. The number of piperidine rings is 1. The SMILES string of the molecule is COCCn1c(=NC(=O)c2ccc(S(=O)(=O)N3CCCCC3C)cc2)sc2cc(OC)c(OC)cc21. The molecule has 1 aliphatic rings. The number of carbonyl (C=O) groups is 1. The van der Waals surface area contributed by atoms with Gasteiger partial charge in [-0.1, -0.05) is 17.8 Å². The maximum absolute atomic E-state index is 13.1. The molecule has 2 aromatic carbocycles. The molecule has 194 valence electrons. The third-order valence-corrected chi connectivity index (χ3v) is 9.42. The fourth-order valence-electron chi connectivity index (χ4n) is 4.37. The molecule has 36 heavy (non-hydrogen) atoms. The third-order valence-electron chi connectivity index (χ3n) is 6.35. The molecular weight excluding hydrogens is 502 g/mol. The zero-order valence-electron chi connectivity index (χ0n) is 20.9. The first-order valence-corrected chi connectivity index (χ1v) is 14.0. The number of ether oxygens (including phenoxy) is 3. The van der Waals surface area contributed by atoms with Gasteiger partial charge in [0.05, 0.1) is 35.9 Å². The van der Waals surface area contributed by atoms with Gasteiger partial charge in [0.1, 0.15) is 0 Å². The molecule has 11 heteroatoms. The summed E-state index contributed by atoms with van der Waals surface area (Å²) >= 11 is 1.35. The summed E-state index contributed by atoms with van der Waals surface area (Å²) < 4.78 is 46.6. The number of sulfonamides is 1. The minimum Gasteiger partial charge on any atom is -0.493 e. The van der Waals surface area contributed by atoms with Crippen molar-refractivity contribution in [2.75, 3.05) is 34.5 Å². The summed E-state index contributed by atoms with van der Waals surface area (Å²) in [4.78, 5) is 18.1. The van der Waals surface area contributed by atoms with Crippen LogP contribution in [0.15, 0.2) is 46.3 Å². The molecule has 2 heterocycles. The average Bonchev–Trinajstić information content (AvgIpc) is 3.22. The number of nitrogens with zero attached hydrogens (tertiary/aromatic N) is 3. The Morgan fingerprint density at radius 1 is 1.08 bits per heavy atom. The van der Waals surface area contributed by atoms with Crippen molar-refractivity contribution >= 4 is 37.5 Å². The fraction of sp³-hybridized carbons (Fsp3) is 0.440. The lowest BCUT2D eigenvalue weighted by atomic mass is 10.1. The van der Waals surface area contributed by atoms with E-state index in [-0.39, 0.29) is 10.9 Å². The average molecular weight is 534 g/mol. The third kappa shape index (κ3) is 5.19. The van der Waals surface area contributed by atoms with Crippen LogP contribution in [0.25, 0.3) is 10.2 Å². The van der Waals surface area contributed by atoms with E-state index < -0.39 is 15.9 Å². The van der Waals surface area contributed by atoms with Crippen LogP contribution in [-0.2, 0) is 21.3 Å². The first-order chi connectivity index (χ1) is 17.3. The van der Waals surface area contributed by atoms with Crippen molar-refractivity contribution < 1.29 is 27.4 Å². The van der Waals surface area contributed by atoms with Gasteiger partial charge in [-0.15, -0.1) is 0 Å². The van der Waals surface area contributed by atoms with Crippen molar-refractivity contribution in [3.8, 4) is 11.5 Å². The Labute approximate surface area is 215 Å². The molecule has 0 saturated carbocycles. The van der Waals surface area contributed by atoms with Crippen LogP contribution in [0.3, 0.4) is 0 Å². The van der Waals surface area contributed by atoms with Gasteiger partial charge in [0.15, 0.2) is 16.3 Å². The van der Waals surface area contributed by atoms with Gasteiger partial charge in [0.25, 0.3) is 5.91 Å². The second-order valence-corrected chi connectivity index (χ2v) is 11.5. The van der Waals surface area contributed by atoms with E-state index in [1.807, 2.05) is 23.6 Å². The molecule has 0 bridgehead atoms. The van der Waals surface area contributed by atoms with Crippen LogP contribution in [-0.4, -0.2) is 63.7 Å². The van der Waals surface area contributed by atoms with Gasteiger partial charge >= 0.3 is 0 Å². The number of benzene rings is 2. The normalized spacial score (nSPS) is 17.4. The van der Waals surface area contributed by atoms with Crippen molar-refractivity contribution in [3.05, 3.63) is 46.8 Å². The highest BCUT2D eigenvalue weighted by Gasteiger charge is 2.31. The van der Waals surface area contributed by atoms with Gasteiger partial charge in [-0.2, -0.15) is 9.30 Å². The topological polar surface area (TPSA) is 99.4 Å². The molecule has 1 unspecified atom stereocenters. The van der Waals surface area contributed by atoms with Crippen LogP contribution in [0.5, 0.6) is 11.5 Å². The number of aromatic nitrogens is 1. The van der Waals surface area contributed by atoms with Gasteiger partial charge in [-0.25, -0.2) is 8.42 Å². The Balaban J connectivity index is 1.68. The molecule has 1 saturated heterocycles. The van der Waals surface area contributed by atoms with Gasteiger partial charge < -0.3 is 18.8 Å². The molecular formula is C25H31N3O6S2. The van der Waals surface area contributed by atoms with E-state index >= 15 is 0 Å². The fourth-order valence-corrected chi connectivity index (χ4v) is 7.13. The first-order valence-electron chi connectivity index (χ1n) is 11.8. The molecule has 3 aromatic rings. The van der Waals surface area contributed by atoms with Crippen LogP contribution in [0.1, 0.15) is 36.5 Å². The van der Waals surface area contributed by atoms with Gasteiger partial charge in [-0.05, 0) is 44.0 Å². The van der Waals surface area contributed by atoms with E-state index in [0.29, 0.717) is 41.6 Å². The van der Waals surface area contributed by atoms with E-state index in [4.69, 9.17) is 14.2 Å². The van der Waals surface area contributed by atoms with Crippen molar-refractivity contribution in [3.63, 3.8) is 0 Å². The maximum atomic E-state index is 13.1. The van der Waals surface area contributed by atoms with Crippen LogP contribution >= 0.6 is 11.3 Å². The predicted octanol–water partition coefficient (Wildman–Crippen LogP) is 3.67. The summed E-state index contributed by atoms with van der Waals surface area (Å²) in [5.41, 5.74) is 1.16. The number of carbonyl (C=O) groups excluding carboxylic acids is 1. The Morgan fingerprint density at radius 2 is 1.78 bits per heavy atom. The van der Waals surface area contributed by atoms with Gasteiger partial charge in [-0.3, -0.25) is 4.79 Å². The van der Waals surface area contributed by atoms with Crippen molar-refractivity contribution in [1.82, 2.24) is 8.87 Å². The monoisotopic (exact) mass is 533 g/mol. The quantitative estimate of drug-likeness (QED) is 0.438. The smallest absolute Gasteiger partial charge is 0.279 e. The van der Waals surface area contributed by atoms with E-state index in [1.165, 1.54) is 35.6 Å². The standard InChI is InChI=1S/C25H31N3O6S2/c1-17-7-5-6-12-28(17)36(30,31)19-10-8-18(9-11-19)24(29)26-25-27(13-14-32-2)20-15-21(33-3)22(34-4)16-23(20)35-25/h8-11,15-17H,5-7,12-14H2,1-4H3. The molecule has 0 spiro atoms. The second kappa shape index (κ2) is 11.1. The predicted molar refractivity (Wildman–Crippen MR) is 138 cm³/mol. The van der Waals surface area contributed by atoms with Gasteiger partial charge in [0, 0.05) is 43.9 Å². The van der Waals surface area contributed by atoms with Crippen molar-refractivity contribution in [2.45, 2.75) is 43.7 Å². The summed E-state index contributed by atoms with van der Waals surface area (Å²) in [5.74, 6) is 0.705. The number of hydrogen-bond donors (Lipinski definition) is 0. The molecule has 1 fully saturated rings. The van der Waals surface area contributed by atoms with Crippen LogP contribution in [0.4, 0.5) is 0 Å². The molecule has 1 amide bonds. The van der Waals surface area contributed by atoms with Gasteiger partial charge in [0.2, 0.25) is 10.0 Å². The summed E-state index contributed by atoms with van der Waals surface area (Å²) in [6, 6.07) is 9.68. The first kappa shape index (κ1) is 26.3. The van der Waals surface area contributed by atoms with Crippen LogP contribution < -0.4 is 14.3 Å². The molecule has 1 aliphatic heterocycles. The molecule has 0 aliphatic carbocycles. The Morgan fingerprint density at radius 3 is 2.42 bits per heavy atom. The van der Waals surface area contributed by atoms with E-state index in [0.717, 1.165) is 29.5 Å².